The Kier molecular flexibility index (Phi) is 2.61. The molecule has 0 unspecified atom stereocenters. The highest BCUT2D eigenvalue weighted by atomic mass is 16.1. The predicted octanol–water partition coefficient (Wildman–Crippen LogP) is -0.501. The molecule has 1 amide bonds. The fourth-order valence-electron chi connectivity index (χ4n) is 1.03. The molecule has 6 heteroatoms. The second kappa shape index (κ2) is 4.23. The summed E-state index contributed by atoms with van der Waals surface area (Å²) in [4.78, 5) is 22.4. The molecule has 16 heavy (non-hydrogen) atoms. The van der Waals surface area contributed by atoms with Gasteiger partial charge in [0.05, 0.1) is 5.56 Å². The van der Waals surface area contributed by atoms with Gasteiger partial charge in [-0.25, -0.2) is 15.0 Å². The third-order valence-electron chi connectivity index (χ3n) is 1.70. The fourth-order valence-corrected chi connectivity index (χ4v) is 1.03. The number of imidazole rings is 1. The zero-order valence-corrected chi connectivity index (χ0v) is 8.16. The first kappa shape index (κ1) is 9.86. The lowest BCUT2D eigenvalue weighted by molar-refractivity contribution is -0.112. The van der Waals surface area contributed by atoms with E-state index in [1.54, 1.807) is 23.3 Å². The van der Waals surface area contributed by atoms with Crippen molar-refractivity contribution in [1.82, 2.24) is 19.5 Å². The van der Waals surface area contributed by atoms with E-state index in [9.17, 15) is 4.79 Å². The molecule has 0 saturated carbocycles. The minimum atomic E-state index is -0.682. The molecule has 2 aromatic rings. The Morgan fingerprint density at radius 2 is 2.12 bits per heavy atom. The van der Waals surface area contributed by atoms with Crippen molar-refractivity contribution in [3.8, 4) is 17.8 Å². The van der Waals surface area contributed by atoms with Crippen LogP contribution < -0.4 is 5.73 Å². The van der Waals surface area contributed by atoms with Gasteiger partial charge in [0.25, 0.3) is 5.91 Å². The molecule has 0 atom stereocenters. The Morgan fingerprint density at radius 1 is 1.38 bits per heavy atom. The van der Waals surface area contributed by atoms with Crippen molar-refractivity contribution in [2.24, 2.45) is 5.73 Å². The van der Waals surface area contributed by atoms with E-state index in [1.165, 1.54) is 12.4 Å². The van der Waals surface area contributed by atoms with Gasteiger partial charge < -0.3 is 5.73 Å². The van der Waals surface area contributed by atoms with E-state index in [0.717, 1.165) is 0 Å². The molecule has 0 radical (unpaired) electrons. The summed E-state index contributed by atoms with van der Waals surface area (Å²) in [7, 11) is 0. The van der Waals surface area contributed by atoms with Crippen molar-refractivity contribution in [3.63, 3.8) is 0 Å². The van der Waals surface area contributed by atoms with E-state index < -0.39 is 5.91 Å². The van der Waals surface area contributed by atoms with E-state index in [0.29, 0.717) is 11.5 Å². The Bertz CT molecular complexity index is 547. The van der Waals surface area contributed by atoms with Crippen molar-refractivity contribution in [1.29, 1.82) is 0 Å². The minimum Gasteiger partial charge on any atom is -0.359 e. The molecule has 2 rings (SSSR count). The molecule has 2 aromatic heterocycles. The first-order chi connectivity index (χ1) is 7.75. The van der Waals surface area contributed by atoms with Gasteiger partial charge in [0.15, 0.2) is 0 Å². The van der Waals surface area contributed by atoms with E-state index in [2.05, 4.69) is 26.8 Å². The van der Waals surface area contributed by atoms with Crippen LogP contribution in [0.4, 0.5) is 0 Å². The van der Waals surface area contributed by atoms with Gasteiger partial charge >= 0.3 is 0 Å². The smallest absolute Gasteiger partial charge is 0.293 e. The van der Waals surface area contributed by atoms with Gasteiger partial charge in [-0.2, -0.15) is 0 Å². The van der Waals surface area contributed by atoms with Crippen LogP contribution in [0.25, 0.3) is 5.95 Å². The average molecular weight is 213 g/mol. The standard InChI is InChI=1S/C10H7N5O/c11-9(16)2-1-8-5-13-10(14-6-8)15-4-3-12-7-15/h3-7H,(H2,11,16). The SMILES string of the molecule is NC(=O)C#Cc1cnc(-n2ccnc2)nc1. The minimum absolute atomic E-state index is 0.488. The Hall–Kier alpha value is -2.68. The van der Waals surface area contributed by atoms with Crippen LogP contribution in [-0.2, 0) is 4.79 Å². The third kappa shape index (κ3) is 2.22. The monoisotopic (exact) mass is 213 g/mol. The van der Waals surface area contributed by atoms with Gasteiger partial charge in [-0.05, 0) is 0 Å². The van der Waals surface area contributed by atoms with Gasteiger partial charge in [-0.15, -0.1) is 0 Å². The van der Waals surface area contributed by atoms with Gasteiger partial charge in [-0.1, -0.05) is 5.92 Å². The van der Waals surface area contributed by atoms with E-state index in [-0.39, 0.29) is 0 Å². The second-order valence-corrected chi connectivity index (χ2v) is 2.86. The Labute approximate surface area is 91.2 Å². The van der Waals surface area contributed by atoms with Crippen molar-refractivity contribution in [2.75, 3.05) is 0 Å². The number of primary amides is 1. The van der Waals surface area contributed by atoms with Crippen molar-refractivity contribution >= 4 is 5.91 Å². The average Bonchev–Trinajstić information content (AvgIpc) is 2.80. The lowest BCUT2D eigenvalue weighted by Gasteiger charge is -1.97. The number of amides is 1. The maximum absolute atomic E-state index is 10.4. The lowest BCUT2D eigenvalue weighted by Crippen LogP contribution is -2.06. The summed E-state index contributed by atoms with van der Waals surface area (Å²) in [6.45, 7) is 0. The third-order valence-corrected chi connectivity index (χ3v) is 1.70. The van der Waals surface area contributed by atoms with Crippen molar-refractivity contribution in [3.05, 3.63) is 36.7 Å². The summed E-state index contributed by atoms with van der Waals surface area (Å²) in [6, 6.07) is 0. The van der Waals surface area contributed by atoms with E-state index in [1.807, 2.05) is 0 Å². The fraction of sp³-hybridized carbons (Fsp3) is 0. The molecule has 6 nitrogen and oxygen atoms in total. The van der Waals surface area contributed by atoms with Crippen LogP contribution in [0.2, 0.25) is 0 Å². The number of carbonyl (C=O) groups excluding carboxylic acids is 1. The molecule has 0 fully saturated rings. The van der Waals surface area contributed by atoms with Crippen LogP contribution >= 0.6 is 0 Å². The summed E-state index contributed by atoms with van der Waals surface area (Å²) in [6.07, 6.45) is 7.97. The number of rotatable bonds is 1. The molecular weight excluding hydrogens is 206 g/mol. The van der Waals surface area contributed by atoms with Gasteiger partial charge in [0.2, 0.25) is 5.95 Å². The van der Waals surface area contributed by atoms with E-state index >= 15 is 0 Å². The summed E-state index contributed by atoms with van der Waals surface area (Å²) in [5.74, 6) is 4.55. The van der Waals surface area contributed by atoms with Crippen LogP contribution in [0.5, 0.6) is 0 Å². The van der Waals surface area contributed by atoms with E-state index in [4.69, 9.17) is 5.73 Å². The predicted molar refractivity (Wildman–Crippen MR) is 55.2 cm³/mol. The highest BCUT2D eigenvalue weighted by molar-refractivity contribution is 5.92. The molecule has 2 N–H and O–H groups in total. The van der Waals surface area contributed by atoms with Gasteiger partial charge in [-0.3, -0.25) is 9.36 Å². The van der Waals surface area contributed by atoms with Crippen molar-refractivity contribution in [2.45, 2.75) is 0 Å². The number of nitrogens with zero attached hydrogens (tertiary/aromatic N) is 4. The first-order valence-electron chi connectivity index (χ1n) is 4.37. The highest BCUT2D eigenvalue weighted by Gasteiger charge is 1.97. The van der Waals surface area contributed by atoms with Crippen LogP contribution in [0.15, 0.2) is 31.1 Å². The highest BCUT2D eigenvalue weighted by Crippen LogP contribution is 1.99. The number of aromatic nitrogens is 4. The zero-order valence-electron chi connectivity index (χ0n) is 8.16. The summed E-state index contributed by atoms with van der Waals surface area (Å²) >= 11 is 0. The normalized spacial score (nSPS) is 9.25. The Balaban J connectivity index is 2.24. The van der Waals surface area contributed by atoms with Crippen LogP contribution in [0, 0.1) is 11.8 Å². The lowest BCUT2D eigenvalue weighted by atomic mass is 10.3. The van der Waals surface area contributed by atoms with Crippen LogP contribution in [-0.4, -0.2) is 25.4 Å². The number of hydrogen-bond acceptors (Lipinski definition) is 4. The molecule has 0 aliphatic heterocycles. The molecule has 0 saturated heterocycles. The van der Waals surface area contributed by atoms with Crippen LogP contribution in [0.3, 0.4) is 0 Å². The molecule has 0 aromatic carbocycles. The van der Waals surface area contributed by atoms with Gasteiger partial charge in [0, 0.05) is 30.7 Å². The maximum atomic E-state index is 10.4. The summed E-state index contributed by atoms with van der Waals surface area (Å²) < 4.78 is 1.66. The summed E-state index contributed by atoms with van der Waals surface area (Å²) in [5.41, 5.74) is 5.41. The first-order valence-corrected chi connectivity index (χ1v) is 4.37. The largest absolute Gasteiger partial charge is 0.359 e. The molecule has 2 heterocycles. The quantitative estimate of drug-likeness (QED) is 0.647. The number of carbonyl (C=O) groups is 1. The molecule has 78 valence electrons. The Morgan fingerprint density at radius 3 is 2.69 bits per heavy atom. The van der Waals surface area contributed by atoms with Crippen LogP contribution in [0.1, 0.15) is 5.56 Å². The molecule has 0 bridgehead atoms. The second-order valence-electron chi connectivity index (χ2n) is 2.86. The molecule has 0 aliphatic rings. The maximum Gasteiger partial charge on any atom is 0.293 e. The molecule has 0 aliphatic carbocycles. The summed E-state index contributed by atoms with van der Waals surface area (Å²) in [5, 5.41) is 0. The van der Waals surface area contributed by atoms with Crippen molar-refractivity contribution < 1.29 is 4.79 Å². The number of nitrogens with two attached hydrogens (primary N) is 1. The molecular formula is C10H7N5O. The number of hydrogen-bond donors (Lipinski definition) is 1. The van der Waals surface area contributed by atoms with Gasteiger partial charge in [0.1, 0.15) is 6.33 Å². The zero-order chi connectivity index (χ0) is 11.4. The topological polar surface area (TPSA) is 86.7 Å². The molecule has 0 spiro atoms.